The van der Waals surface area contributed by atoms with Crippen molar-refractivity contribution < 1.29 is 27.2 Å². The molecular formula is C23H23N3O6S. The van der Waals surface area contributed by atoms with E-state index in [9.17, 15) is 18.0 Å². The minimum absolute atomic E-state index is 0.187. The maximum absolute atomic E-state index is 13.0. The first kappa shape index (κ1) is 22.4. The number of aryl methyl sites for hydroxylation is 1. The lowest BCUT2D eigenvalue weighted by Crippen LogP contribution is -2.48. The van der Waals surface area contributed by atoms with E-state index in [2.05, 4.69) is 10.6 Å². The average molecular weight is 470 g/mol. The molecule has 0 saturated heterocycles. The lowest BCUT2D eigenvalue weighted by molar-refractivity contribution is -0.122. The highest BCUT2D eigenvalue weighted by Gasteiger charge is 2.35. The second-order valence-electron chi connectivity index (χ2n) is 7.67. The van der Waals surface area contributed by atoms with E-state index >= 15 is 0 Å². The maximum Gasteiger partial charge on any atom is 0.267 e. The zero-order valence-corrected chi connectivity index (χ0v) is 18.9. The van der Waals surface area contributed by atoms with Gasteiger partial charge < -0.3 is 19.8 Å². The van der Waals surface area contributed by atoms with Gasteiger partial charge in [-0.15, -0.1) is 0 Å². The number of hydrogen-bond acceptors (Lipinski definition) is 6. The van der Waals surface area contributed by atoms with Gasteiger partial charge in [0.2, 0.25) is 10.0 Å². The third-order valence-electron chi connectivity index (χ3n) is 5.11. The summed E-state index contributed by atoms with van der Waals surface area (Å²) < 4.78 is 36.9. The van der Waals surface area contributed by atoms with Crippen molar-refractivity contribution >= 4 is 33.2 Å². The number of amides is 2. The molecule has 172 valence electrons. The second-order valence-corrected chi connectivity index (χ2v) is 9.58. The van der Waals surface area contributed by atoms with Crippen LogP contribution < -0.4 is 19.7 Å². The summed E-state index contributed by atoms with van der Waals surface area (Å²) in [6.45, 7) is 1.85. The van der Waals surface area contributed by atoms with Gasteiger partial charge in [-0.3, -0.25) is 13.9 Å². The number of nitrogens with zero attached hydrogens (tertiary/aromatic N) is 1. The summed E-state index contributed by atoms with van der Waals surface area (Å²) in [5, 5.41) is 5.44. The van der Waals surface area contributed by atoms with Crippen LogP contribution in [0.3, 0.4) is 0 Å². The molecule has 1 aromatic heterocycles. The number of hydrogen-bond donors (Lipinski definition) is 2. The molecular weight excluding hydrogens is 446 g/mol. The van der Waals surface area contributed by atoms with Crippen molar-refractivity contribution in [3.05, 3.63) is 77.7 Å². The Morgan fingerprint density at radius 1 is 1.12 bits per heavy atom. The van der Waals surface area contributed by atoms with E-state index in [-0.39, 0.29) is 24.3 Å². The Kier molecular flexibility index (Phi) is 6.10. The fourth-order valence-corrected chi connectivity index (χ4v) is 4.40. The number of fused-ring (bicyclic) bond motifs is 1. The molecule has 2 amide bonds. The predicted molar refractivity (Wildman–Crippen MR) is 123 cm³/mol. The zero-order chi connectivity index (χ0) is 23.6. The third-order valence-corrected chi connectivity index (χ3v) is 6.26. The number of furan rings is 1. The molecule has 4 rings (SSSR count). The van der Waals surface area contributed by atoms with Crippen LogP contribution in [-0.2, 0) is 21.4 Å². The van der Waals surface area contributed by atoms with E-state index in [1.807, 2.05) is 6.92 Å². The Hall–Kier alpha value is -3.79. The minimum atomic E-state index is -3.65. The van der Waals surface area contributed by atoms with Crippen molar-refractivity contribution in [2.75, 3.05) is 22.4 Å². The molecule has 0 bridgehead atoms. The van der Waals surface area contributed by atoms with Gasteiger partial charge in [0.25, 0.3) is 11.8 Å². The van der Waals surface area contributed by atoms with Gasteiger partial charge in [-0.05, 0) is 48.9 Å². The highest BCUT2D eigenvalue weighted by Crippen LogP contribution is 2.36. The molecule has 0 radical (unpaired) electrons. The van der Waals surface area contributed by atoms with Gasteiger partial charge in [-0.1, -0.05) is 18.2 Å². The van der Waals surface area contributed by atoms with Crippen LogP contribution in [0.15, 0.2) is 65.3 Å². The van der Waals surface area contributed by atoms with Crippen molar-refractivity contribution in [2.24, 2.45) is 0 Å². The van der Waals surface area contributed by atoms with Gasteiger partial charge in [-0.2, -0.15) is 0 Å². The zero-order valence-electron chi connectivity index (χ0n) is 18.1. The molecule has 9 nitrogen and oxygen atoms in total. The number of sulfonamides is 1. The molecule has 2 heterocycles. The number of ether oxygens (including phenoxy) is 1. The highest BCUT2D eigenvalue weighted by molar-refractivity contribution is 7.92. The van der Waals surface area contributed by atoms with Gasteiger partial charge in [0.1, 0.15) is 11.5 Å². The van der Waals surface area contributed by atoms with E-state index in [0.717, 1.165) is 16.1 Å². The quantitative estimate of drug-likeness (QED) is 0.573. The first-order valence-corrected chi connectivity index (χ1v) is 12.0. The predicted octanol–water partition coefficient (Wildman–Crippen LogP) is 2.68. The fraction of sp³-hybridized carbons (Fsp3) is 0.217. The fourth-order valence-electron chi connectivity index (χ4n) is 3.49. The number of anilines is 2. The SMILES string of the molecule is Cc1ccc2c(c1)N(S(C)(=O)=O)CC(C(=O)Nc1ccccc1C(=O)NCc1ccco1)O2. The van der Waals surface area contributed by atoms with Gasteiger partial charge in [-0.25, -0.2) is 8.42 Å². The summed E-state index contributed by atoms with van der Waals surface area (Å²) in [6.07, 6.45) is 1.49. The molecule has 0 saturated carbocycles. The summed E-state index contributed by atoms with van der Waals surface area (Å²) in [6, 6.07) is 15.1. The number of para-hydroxylation sites is 1. The van der Waals surface area contributed by atoms with Crippen LogP contribution in [0.25, 0.3) is 0 Å². The van der Waals surface area contributed by atoms with E-state index in [0.29, 0.717) is 17.2 Å². The molecule has 1 aliphatic heterocycles. The Morgan fingerprint density at radius 3 is 2.64 bits per heavy atom. The number of benzene rings is 2. The standard InChI is InChI=1S/C23H23N3O6S/c1-15-9-10-20-19(12-15)26(33(2,29)30)14-21(32-20)23(28)25-18-8-4-3-7-17(18)22(27)24-13-16-6-5-11-31-16/h3-12,21H,13-14H2,1-2H3,(H,24,27)(H,25,28). The van der Waals surface area contributed by atoms with Crippen LogP contribution in [0.5, 0.6) is 5.75 Å². The van der Waals surface area contributed by atoms with Gasteiger partial charge in [0.15, 0.2) is 6.10 Å². The molecule has 3 aromatic rings. The molecule has 2 N–H and O–H groups in total. The van der Waals surface area contributed by atoms with Crippen molar-refractivity contribution in [3.63, 3.8) is 0 Å². The van der Waals surface area contributed by atoms with Gasteiger partial charge in [0, 0.05) is 0 Å². The Morgan fingerprint density at radius 2 is 1.91 bits per heavy atom. The summed E-state index contributed by atoms with van der Waals surface area (Å²) in [7, 11) is -3.65. The molecule has 1 atom stereocenters. The second kappa shape index (κ2) is 8.99. The Balaban J connectivity index is 1.53. The normalized spacial score (nSPS) is 15.3. The first-order valence-electron chi connectivity index (χ1n) is 10.2. The van der Waals surface area contributed by atoms with Crippen LogP contribution in [0.4, 0.5) is 11.4 Å². The Labute approximate surface area is 191 Å². The summed E-state index contributed by atoms with van der Waals surface area (Å²) in [4.78, 5) is 25.7. The molecule has 0 spiro atoms. The lowest BCUT2D eigenvalue weighted by atomic mass is 10.1. The van der Waals surface area contributed by atoms with Crippen LogP contribution >= 0.6 is 0 Å². The van der Waals surface area contributed by atoms with Crippen LogP contribution in [0.2, 0.25) is 0 Å². The molecule has 1 aliphatic rings. The first-order chi connectivity index (χ1) is 15.7. The topological polar surface area (TPSA) is 118 Å². The van der Waals surface area contributed by atoms with E-state index in [4.69, 9.17) is 9.15 Å². The largest absolute Gasteiger partial charge is 0.476 e. The van der Waals surface area contributed by atoms with Crippen LogP contribution in [0.1, 0.15) is 21.7 Å². The summed E-state index contributed by atoms with van der Waals surface area (Å²) >= 11 is 0. The molecule has 10 heteroatoms. The molecule has 0 aliphatic carbocycles. The molecule has 1 unspecified atom stereocenters. The molecule has 33 heavy (non-hydrogen) atoms. The van der Waals surface area contributed by atoms with Crippen LogP contribution in [0, 0.1) is 6.92 Å². The smallest absolute Gasteiger partial charge is 0.267 e. The van der Waals surface area contributed by atoms with Crippen molar-refractivity contribution in [2.45, 2.75) is 19.6 Å². The lowest BCUT2D eigenvalue weighted by Gasteiger charge is -2.34. The Bertz CT molecular complexity index is 1290. The average Bonchev–Trinajstić information content (AvgIpc) is 3.30. The molecule has 0 fully saturated rings. The maximum atomic E-state index is 13.0. The van der Waals surface area contributed by atoms with Crippen molar-refractivity contribution in [1.82, 2.24) is 5.32 Å². The van der Waals surface area contributed by atoms with Crippen molar-refractivity contribution in [1.29, 1.82) is 0 Å². The van der Waals surface area contributed by atoms with Crippen LogP contribution in [-0.4, -0.2) is 39.1 Å². The van der Waals surface area contributed by atoms with Gasteiger partial charge in [0.05, 0.1) is 42.5 Å². The number of rotatable bonds is 6. The van der Waals surface area contributed by atoms with E-state index in [1.165, 1.54) is 6.26 Å². The van der Waals surface area contributed by atoms with Crippen molar-refractivity contribution in [3.8, 4) is 5.75 Å². The van der Waals surface area contributed by atoms with Gasteiger partial charge >= 0.3 is 0 Å². The molecule has 2 aromatic carbocycles. The number of carbonyl (C=O) groups excluding carboxylic acids is 2. The summed E-state index contributed by atoms with van der Waals surface area (Å²) in [5.74, 6) is -0.0799. The highest BCUT2D eigenvalue weighted by atomic mass is 32.2. The summed E-state index contributed by atoms with van der Waals surface area (Å²) in [5.41, 5.74) is 1.79. The third kappa shape index (κ3) is 5.01. The monoisotopic (exact) mass is 469 g/mol. The van der Waals surface area contributed by atoms with E-state index < -0.39 is 27.9 Å². The number of nitrogens with one attached hydrogen (secondary N) is 2. The minimum Gasteiger partial charge on any atom is -0.476 e. The number of carbonyl (C=O) groups is 2. The van der Waals surface area contributed by atoms with E-state index in [1.54, 1.807) is 54.6 Å².